The van der Waals surface area contributed by atoms with Crippen LogP contribution < -0.4 is 10.2 Å². The van der Waals surface area contributed by atoms with Crippen molar-refractivity contribution in [1.29, 1.82) is 0 Å². The number of hydrogen-bond acceptors (Lipinski definition) is 7. The minimum absolute atomic E-state index is 0.104. The fourth-order valence-electron chi connectivity index (χ4n) is 3.33. The van der Waals surface area contributed by atoms with Crippen LogP contribution in [0.1, 0.15) is 43.3 Å². The van der Waals surface area contributed by atoms with E-state index in [2.05, 4.69) is 10.2 Å². The van der Waals surface area contributed by atoms with Crippen LogP contribution in [0.2, 0.25) is 0 Å². The Morgan fingerprint density at radius 1 is 1.09 bits per heavy atom. The smallest absolute Gasteiger partial charge is 0.433 e. The highest BCUT2D eigenvalue weighted by atomic mass is 16.6. The van der Waals surface area contributed by atoms with Crippen LogP contribution >= 0.6 is 0 Å². The maximum Gasteiger partial charge on any atom is 0.433 e. The predicted molar refractivity (Wildman–Crippen MR) is 118 cm³/mol. The Kier molecular flexibility index (Phi) is 7.01. The molecule has 1 N–H and O–H groups in total. The number of ether oxygens (including phenoxy) is 1. The van der Waals surface area contributed by atoms with Crippen LogP contribution in [0.3, 0.4) is 0 Å². The molecule has 32 heavy (non-hydrogen) atoms. The van der Waals surface area contributed by atoms with Crippen molar-refractivity contribution in [2.24, 2.45) is 0 Å². The molecule has 2 amide bonds. The standard InChI is InChI=1S/C22H28N4O6/c1-22(2,3)32-21(28)25-12-4-11-24(13-14-25)17-7-5-16(6-8-17)15-23-20(27)18-9-10-19(31-18)26(29)30/h5-10H,4,11-15H2,1-3H3,(H,23,27). The van der Waals surface area contributed by atoms with Crippen LogP contribution in [0.25, 0.3) is 0 Å². The molecule has 1 aromatic heterocycles. The summed E-state index contributed by atoms with van der Waals surface area (Å²) in [5, 5.41) is 13.3. The minimum atomic E-state index is -0.689. The molecule has 1 aromatic carbocycles. The van der Waals surface area contributed by atoms with Gasteiger partial charge < -0.3 is 24.3 Å². The third kappa shape index (κ3) is 6.22. The molecule has 1 aliphatic rings. The molecule has 3 rings (SSSR count). The summed E-state index contributed by atoms with van der Waals surface area (Å²) < 4.78 is 10.4. The van der Waals surface area contributed by atoms with Gasteiger partial charge in [0.2, 0.25) is 0 Å². The van der Waals surface area contributed by atoms with E-state index >= 15 is 0 Å². The molecule has 0 unspecified atom stereocenters. The summed E-state index contributed by atoms with van der Waals surface area (Å²) in [5.74, 6) is -1.09. The number of amides is 2. The highest BCUT2D eigenvalue weighted by Crippen LogP contribution is 2.19. The number of hydrogen-bond donors (Lipinski definition) is 1. The molecule has 10 nitrogen and oxygen atoms in total. The number of anilines is 1. The highest BCUT2D eigenvalue weighted by Gasteiger charge is 2.24. The van der Waals surface area contributed by atoms with E-state index < -0.39 is 22.3 Å². The molecule has 0 spiro atoms. The first-order valence-electron chi connectivity index (χ1n) is 10.5. The van der Waals surface area contributed by atoms with Crippen LogP contribution in [0.5, 0.6) is 0 Å². The summed E-state index contributed by atoms with van der Waals surface area (Å²) in [7, 11) is 0. The highest BCUT2D eigenvalue weighted by molar-refractivity contribution is 5.91. The van der Waals surface area contributed by atoms with Crippen LogP contribution in [0, 0.1) is 10.1 Å². The van der Waals surface area contributed by atoms with Gasteiger partial charge in [-0.1, -0.05) is 12.1 Å². The first-order valence-corrected chi connectivity index (χ1v) is 10.5. The molecule has 0 saturated carbocycles. The molecule has 0 atom stereocenters. The van der Waals surface area contributed by atoms with E-state index in [1.54, 1.807) is 4.90 Å². The zero-order chi connectivity index (χ0) is 23.3. The molecule has 2 aromatic rings. The van der Waals surface area contributed by atoms with Crippen molar-refractivity contribution in [2.75, 3.05) is 31.1 Å². The molecule has 0 radical (unpaired) electrons. The van der Waals surface area contributed by atoms with Gasteiger partial charge in [-0.05, 0) is 51.0 Å². The molecule has 1 aliphatic heterocycles. The van der Waals surface area contributed by atoms with Crippen LogP contribution in [0.4, 0.5) is 16.4 Å². The number of rotatable bonds is 5. The second kappa shape index (κ2) is 9.71. The third-order valence-electron chi connectivity index (χ3n) is 4.90. The van der Waals surface area contributed by atoms with E-state index in [4.69, 9.17) is 9.15 Å². The van der Waals surface area contributed by atoms with Gasteiger partial charge in [0.15, 0.2) is 5.76 Å². The van der Waals surface area contributed by atoms with E-state index in [0.717, 1.165) is 30.3 Å². The minimum Gasteiger partial charge on any atom is -0.444 e. The van der Waals surface area contributed by atoms with Gasteiger partial charge in [0.05, 0.1) is 6.07 Å². The Balaban J connectivity index is 1.52. The van der Waals surface area contributed by atoms with E-state index in [1.807, 2.05) is 45.0 Å². The van der Waals surface area contributed by atoms with Gasteiger partial charge in [-0.15, -0.1) is 0 Å². The lowest BCUT2D eigenvalue weighted by molar-refractivity contribution is -0.402. The molecule has 0 aliphatic carbocycles. The van der Waals surface area contributed by atoms with Crippen molar-refractivity contribution in [3.05, 3.63) is 57.8 Å². The Morgan fingerprint density at radius 2 is 1.81 bits per heavy atom. The third-order valence-corrected chi connectivity index (χ3v) is 4.90. The van der Waals surface area contributed by atoms with E-state index in [0.29, 0.717) is 19.6 Å². The normalized spacial score (nSPS) is 14.6. The van der Waals surface area contributed by atoms with Crippen LogP contribution in [-0.2, 0) is 11.3 Å². The fourth-order valence-corrected chi connectivity index (χ4v) is 3.33. The van der Waals surface area contributed by atoms with Crippen molar-refractivity contribution in [3.8, 4) is 0 Å². The van der Waals surface area contributed by atoms with Crippen molar-refractivity contribution >= 4 is 23.6 Å². The monoisotopic (exact) mass is 444 g/mol. The molecular weight excluding hydrogens is 416 g/mol. The lowest BCUT2D eigenvalue weighted by atomic mass is 10.2. The first kappa shape index (κ1) is 23.1. The van der Waals surface area contributed by atoms with Crippen molar-refractivity contribution in [2.45, 2.75) is 39.3 Å². The first-order chi connectivity index (χ1) is 15.1. The van der Waals surface area contributed by atoms with Crippen molar-refractivity contribution in [1.82, 2.24) is 10.2 Å². The van der Waals surface area contributed by atoms with Gasteiger partial charge in [-0.2, -0.15) is 0 Å². The zero-order valence-electron chi connectivity index (χ0n) is 18.5. The summed E-state index contributed by atoms with van der Waals surface area (Å²) >= 11 is 0. The maximum atomic E-state index is 12.3. The number of carbonyl (C=O) groups is 2. The molecule has 0 bridgehead atoms. The quantitative estimate of drug-likeness (QED) is 0.553. The molecule has 2 heterocycles. The van der Waals surface area contributed by atoms with E-state index in [-0.39, 0.29) is 18.4 Å². The Labute approximate surface area is 186 Å². The Hall–Kier alpha value is -3.56. The SMILES string of the molecule is CC(C)(C)OC(=O)N1CCCN(c2ccc(CNC(=O)c3ccc([N+](=O)[O-])o3)cc2)CC1. The number of nitrogens with zero attached hydrogens (tertiary/aromatic N) is 3. The van der Waals surface area contributed by atoms with Gasteiger partial charge in [0, 0.05) is 38.4 Å². The number of nitrogens with one attached hydrogen (secondary N) is 1. The van der Waals surface area contributed by atoms with Crippen LogP contribution in [0.15, 0.2) is 40.8 Å². The summed E-state index contributed by atoms with van der Waals surface area (Å²) in [5.41, 5.74) is 1.40. The topological polar surface area (TPSA) is 118 Å². The summed E-state index contributed by atoms with van der Waals surface area (Å²) in [6, 6.07) is 10.2. The lowest BCUT2D eigenvalue weighted by Crippen LogP contribution is -2.39. The van der Waals surface area contributed by atoms with Crippen LogP contribution in [-0.4, -0.2) is 53.6 Å². The lowest BCUT2D eigenvalue weighted by Gasteiger charge is -2.27. The molecular formula is C22H28N4O6. The molecule has 1 fully saturated rings. The predicted octanol–water partition coefficient (Wildman–Crippen LogP) is 3.57. The van der Waals surface area contributed by atoms with Gasteiger partial charge in [0.1, 0.15) is 10.5 Å². The largest absolute Gasteiger partial charge is 0.444 e. The Morgan fingerprint density at radius 3 is 2.44 bits per heavy atom. The van der Waals surface area contributed by atoms with Crippen molar-refractivity contribution < 1.29 is 23.7 Å². The Bertz CT molecular complexity index is 964. The van der Waals surface area contributed by atoms with Gasteiger partial charge in [-0.25, -0.2) is 4.79 Å². The maximum absolute atomic E-state index is 12.3. The second-order valence-electron chi connectivity index (χ2n) is 8.55. The summed E-state index contributed by atoms with van der Waals surface area (Å²) in [6.45, 7) is 8.61. The molecule has 1 saturated heterocycles. The summed E-state index contributed by atoms with van der Waals surface area (Å²) in [6.07, 6.45) is 0.555. The average Bonchev–Trinajstić information content (AvgIpc) is 3.10. The summed E-state index contributed by atoms with van der Waals surface area (Å²) in [4.78, 5) is 38.4. The fraction of sp³-hybridized carbons (Fsp3) is 0.455. The van der Waals surface area contributed by atoms with Gasteiger partial charge >= 0.3 is 12.0 Å². The number of carbonyl (C=O) groups excluding carboxylic acids is 2. The average molecular weight is 444 g/mol. The van der Waals surface area contributed by atoms with Gasteiger partial charge in [0.25, 0.3) is 5.91 Å². The number of nitro groups is 1. The number of furan rings is 1. The number of benzene rings is 1. The molecule has 10 heteroatoms. The van der Waals surface area contributed by atoms with E-state index in [1.165, 1.54) is 6.07 Å². The zero-order valence-corrected chi connectivity index (χ0v) is 18.5. The molecule has 172 valence electrons. The van der Waals surface area contributed by atoms with Crippen molar-refractivity contribution in [3.63, 3.8) is 0 Å². The second-order valence-corrected chi connectivity index (χ2v) is 8.55. The van der Waals surface area contributed by atoms with Gasteiger partial charge in [-0.3, -0.25) is 14.9 Å². The van der Waals surface area contributed by atoms with E-state index in [9.17, 15) is 19.7 Å².